The molecular weight excluding hydrogens is 458 g/mol. The summed E-state index contributed by atoms with van der Waals surface area (Å²) in [6, 6.07) is 17.3. The zero-order chi connectivity index (χ0) is 24.1. The van der Waals surface area contributed by atoms with Crippen LogP contribution in [-0.2, 0) is 32.3 Å². The highest BCUT2D eigenvalue weighted by atomic mass is 32.2. The van der Waals surface area contributed by atoms with Crippen molar-refractivity contribution < 1.29 is 16.8 Å². The highest BCUT2D eigenvalue weighted by molar-refractivity contribution is 7.88. The Balaban J connectivity index is 1.65. The molecule has 1 aliphatic heterocycles. The molecule has 1 fully saturated rings. The van der Waals surface area contributed by atoms with Crippen molar-refractivity contribution in [3.8, 4) is 0 Å². The van der Waals surface area contributed by atoms with Crippen LogP contribution in [-0.4, -0.2) is 53.1 Å². The van der Waals surface area contributed by atoms with Crippen molar-refractivity contribution in [2.45, 2.75) is 45.0 Å². The van der Waals surface area contributed by atoms with Gasteiger partial charge in [0, 0.05) is 37.9 Å². The zero-order valence-electron chi connectivity index (χ0n) is 19.6. The smallest absolute Gasteiger partial charge is 0.218 e. The van der Waals surface area contributed by atoms with Crippen LogP contribution in [0, 0.1) is 5.92 Å². The summed E-state index contributed by atoms with van der Waals surface area (Å²) in [6.45, 7) is 6.41. The van der Waals surface area contributed by atoms with Crippen molar-refractivity contribution in [2.75, 3.05) is 30.8 Å². The average Bonchev–Trinajstić information content (AvgIpc) is 2.73. The number of piperidine rings is 1. The third-order valence-electron chi connectivity index (χ3n) is 5.69. The molecule has 2 aromatic rings. The van der Waals surface area contributed by atoms with E-state index >= 15 is 0 Å². The Morgan fingerprint density at radius 1 is 0.939 bits per heavy atom. The van der Waals surface area contributed by atoms with E-state index in [1.807, 2.05) is 68.4 Å². The second-order valence-corrected chi connectivity index (χ2v) is 13.0. The normalized spacial score (nSPS) is 16.0. The molecule has 0 bridgehead atoms. The molecule has 0 saturated carbocycles. The Bertz CT molecular complexity index is 1090. The van der Waals surface area contributed by atoms with E-state index in [-0.39, 0.29) is 17.7 Å². The minimum absolute atomic E-state index is 0.00486. The van der Waals surface area contributed by atoms with Crippen LogP contribution < -0.4 is 9.62 Å². The van der Waals surface area contributed by atoms with E-state index in [1.165, 1.54) is 6.26 Å². The molecule has 33 heavy (non-hydrogen) atoms. The van der Waals surface area contributed by atoms with Crippen LogP contribution in [0.3, 0.4) is 0 Å². The van der Waals surface area contributed by atoms with Crippen molar-refractivity contribution in [1.29, 1.82) is 0 Å². The fourth-order valence-corrected chi connectivity index (χ4v) is 6.64. The first-order chi connectivity index (χ1) is 15.5. The molecule has 0 amide bonds. The molecule has 1 saturated heterocycles. The van der Waals surface area contributed by atoms with E-state index in [4.69, 9.17) is 0 Å². The predicted molar refractivity (Wildman–Crippen MR) is 134 cm³/mol. The summed E-state index contributed by atoms with van der Waals surface area (Å²) in [7, 11) is -6.64. The van der Waals surface area contributed by atoms with Gasteiger partial charge in [-0.2, -0.15) is 4.31 Å². The Hall–Kier alpha value is -1.94. The van der Waals surface area contributed by atoms with E-state index in [0.29, 0.717) is 13.1 Å². The minimum atomic E-state index is -3.45. The first-order valence-corrected chi connectivity index (χ1v) is 14.8. The molecule has 1 heterocycles. The number of benzene rings is 2. The van der Waals surface area contributed by atoms with Crippen LogP contribution in [0.1, 0.15) is 37.8 Å². The number of rotatable bonds is 10. The number of hydrogen-bond acceptors (Lipinski definition) is 5. The molecule has 9 heteroatoms. The quantitative estimate of drug-likeness (QED) is 0.549. The summed E-state index contributed by atoms with van der Waals surface area (Å²) in [4.78, 5) is 2.24. The molecule has 1 aliphatic rings. The lowest BCUT2D eigenvalue weighted by Crippen LogP contribution is -2.44. The van der Waals surface area contributed by atoms with Crippen molar-refractivity contribution >= 4 is 25.7 Å². The summed E-state index contributed by atoms with van der Waals surface area (Å²) in [5, 5.41) is 0. The van der Waals surface area contributed by atoms with Gasteiger partial charge in [0.1, 0.15) is 0 Å². The predicted octanol–water partition coefficient (Wildman–Crippen LogP) is 3.19. The molecular formula is C24H35N3O4S2. The van der Waals surface area contributed by atoms with E-state index in [9.17, 15) is 16.8 Å². The summed E-state index contributed by atoms with van der Waals surface area (Å²) in [5.74, 6) is 0.214. The molecule has 0 unspecified atom stereocenters. The number of sulfonamides is 2. The lowest BCUT2D eigenvalue weighted by atomic mass is 10.0. The van der Waals surface area contributed by atoms with Crippen LogP contribution in [0.2, 0.25) is 0 Å². The average molecular weight is 494 g/mol. The summed E-state index contributed by atoms with van der Waals surface area (Å²) in [5.41, 5.74) is 2.80. The van der Waals surface area contributed by atoms with Gasteiger partial charge in [-0.05, 0) is 42.0 Å². The largest absolute Gasteiger partial charge is 0.371 e. The molecule has 0 aliphatic carbocycles. The molecule has 0 atom stereocenters. The maximum Gasteiger partial charge on any atom is 0.218 e. The molecule has 3 rings (SSSR count). The van der Waals surface area contributed by atoms with Gasteiger partial charge in [0.2, 0.25) is 20.0 Å². The Morgan fingerprint density at radius 2 is 1.55 bits per heavy atom. The van der Waals surface area contributed by atoms with Gasteiger partial charge in [0.25, 0.3) is 0 Å². The first kappa shape index (κ1) is 25.7. The van der Waals surface area contributed by atoms with Crippen molar-refractivity contribution in [3.05, 3.63) is 65.7 Å². The fourth-order valence-electron chi connectivity index (χ4n) is 4.13. The molecule has 0 radical (unpaired) electrons. The van der Waals surface area contributed by atoms with E-state index in [1.54, 1.807) is 4.31 Å². The van der Waals surface area contributed by atoms with E-state index in [0.717, 1.165) is 42.7 Å². The second kappa shape index (κ2) is 11.0. The Morgan fingerprint density at radius 3 is 2.09 bits per heavy atom. The third-order valence-corrected chi connectivity index (χ3v) is 8.21. The van der Waals surface area contributed by atoms with Gasteiger partial charge in [0.15, 0.2) is 0 Å². The summed E-state index contributed by atoms with van der Waals surface area (Å²) < 4.78 is 53.5. The second-order valence-electron chi connectivity index (χ2n) is 9.25. The molecule has 1 N–H and O–H groups in total. The van der Waals surface area contributed by atoms with Gasteiger partial charge >= 0.3 is 0 Å². The number of nitrogens with zero attached hydrogens (tertiary/aromatic N) is 2. The van der Waals surface area contributed by atoms with Crippen LogP contribution in [0.4, 0.5) is 5.69 Å². The third kappa shape index (κ3) is 8.10. The first-order valence-electron chi connectivity index (χ1n) is 11.3. The SMILES string of the molecule is CC(C)CN(Cc1ccc(N2CCC(NS(C)(=O)=O)CC2)cc1)S(=O)(=O)Cc1ccccc1. The minimum Gasteiger partial charge on any atom is -0.371 e. The lowest BCUT2D eigenvalue weighted by molar-refractivity contribution is 0.361. The summed E-state index contributed by atoms with van der Waals surface area (Å²) in [6.07, 6.45) is 2.71. The molecule has 0 aromatic heterocycles. The van der Waals surface area contributed by atoms with Gasteiger partial charge < -0.3 is 4.90 Å². The molecule has 2 aromatic carbocycles. The Kier molecular flexibility index (Phi) is 8.55. The monoisotopic (exact) mass is 493 g/mol. The van der Waals surface area contributed by atoms with E-state index in [2.05, 4.69) is 9.62 Å². The fraction of sp³-hybridized carbons (Fsp3) is 0.500. The van der Waals surface area contributed by atoms with Gasteiger partial charge in [0.05, 0.1) is 12.0 Å². The van der Waals surface area contributed by atoms with Crippen LogP contribution in [0.25, 0.3) is 0 Å². The topological polar surface area (TPSA) is 86.8 Å². The maximum absolute atomic E-state index is 13.2. The molecule has 7 nitrogen and oxygen atoms in total. The van der Waals surface area contributed by atoms with Crippen molar-refractivity contribution in [2.24, 2.45) is 5.92 Å². The van der Waals surface area contributed by atoms with Gasteiger partial charge in [-0.25, -0.2) is 21.6 Å². The van der Waals surface area contributed by atoms with Crippen LogP contribution in [0.5, 0.6) is 0 Å². The highest BCUT2D eigenvalue weighted by Gasteiger charge is 2.25. The zero-order valence-corrected chi connectivity index (χ0v) is 21.3. The maximum atomic E-state index is 13.2. The number of hydrogen-bond donors (Lipinski definition) is 1. The van der Waals surface area contributed by atoms with Gasteiger partial charge in [-0.15, -0.1) is 0 Å². The number of nitrogens with one attached hydrogen (secondary N) is 1. The van der Waals surface area contributed by atoms with Crippen molar-refractivity contribution in [3.63, 3.8) is 0 Å². The van der Waals surface area contributed by atoms with Crippen LogP contribution in [0.15, 0.2) is 54.6 Å². The van der Waals surface area contributed by atoms with Crippen LogP contribution >= 0.6 is 0 Å². The molecule has 0 spiro atoms. The lowest BCUT2D eigenvalue weighted by Gasteiger charge is -2.33. The Labute approximate surface area is 198 Å². The van der Waals surface area contributed by atoms with Crippen molar-refractivity contribution in [1.82, 2.24) is 9.03 Å². The van der Waals surface area contributed by atoms with E-state index < -0.39 is 20.0 Å². The summed E-state index contributed by atoms with van der Waals surface area (Å²) >= 11 is 0. The standard InChI is InChI=1S/C24H35N3O4S2/c1-20(2)17-27(33(30,31)19-22-7-5-4-6-8-22)18-21-9-11-24(12-10-21)26-15-13-23(14-16-26)25-32(3,28)29/h4-12,20,23,25H,13-19H2,1-3H3. The molecule has 182 valence electrons. The van der Waals surface area contributed by atoms with Gasteiger partial charge in [-0.1, -0.05) is 56.3 Å². The number of anilines is 1. The van der Waals surface area contributed by atoms with Gasteiger partial charge in [-0.3, -0.25) is 0 Å². The highest BCUT2D eigenvalue weighted by Crippen LogP contribution is 2.23.